The molecule has 0 spiro atoms. The van der Waals surface area contributed by atoms with Gasteiger partial charge in [-0.3, -0.25) is 0 Å². The Labute approximate surface area is 133 Å². The second-order valence-electron chi connectivity index (χ2n) is 5.60. The van der Waals surface area contributed by atoms with Crippen LogP contribution in [0.1, 0.15) is 27.0 Å². The number of para-hydroxylation sites is 1. The van der Waals surface area contributed by atoms with Crippen molar-refractivity contribution in [3.8, 4) is 5.75 Å². The van der Waals surface area contributed by atoms with E-state index in [1.807, 2.05) is 39.0 Å². The van der Waals surface area contributed by atoms with E-state index in [9.17, 15) is 9.59 Å². The zero-order chi connectivity index (χ0) is 16.6. The molecule has 3 rings (SSSR count). The minimum atomic E-state index is -0.709. The van der Waals surface area contributed by atoms with E-state index in [-0.39, 0.29) is 5.56 Å². The highest BCUT2D eigenvalue weighted by molar-refractivity contribution is 5.94. The number of rotatable bonds is 2. The fraction of sp³-hybridized carbons (Fsp3) is 0.158. The molecule has 4 heteroatoms. The molecule has 116 valence electrons. The van der Waals surface area contributed by atoms with Crippen molar-refractivity contribution in [2.75, 3.05) is 0 Å². The van der Waals surface area contributed by atoms with Crippen LogP contribution in [0.25, 0.3) is 11.0 Å². The predicted octanol–water partition coefficient (Wildman–Crippen LogP) is 3.94. The van der Waals surface area contributed by atoms with Crippen LogP contribution in [0.5, 0.6) is 5.75 Å². The highest BCUT2D eigenvalue weighted by Crippen LogP contribution is 2.25. The van der Waals surface area contributed by atoms with Crippen LogP contribution in [-0.4, -0.2) is 5.97 Å². The summed E-state index contributed by atoms with van der Waals surface area (Å²) in [4.78, 5) is 24.4. The van der Waals surface area contributed by atoms with Crippen molar-refractivity contribution in [3.05, 3.63) is 75.1 Å². The molecule has 0 N–H and O–H groups in total. The van der Waals surface area contributed by atoms with Crippen LogP contribution in [0.15, 0.2) is 51.7 Å². The molecule has 0 aliphatic heterocycles. The molecule has 0 radical (unpaired) electrons. The number of fused-ring (bicyclic) bond motifs is 1. The van der Waals surface area contributed by atoms with Crippen LogP contribution in [0.3, 0.4) is 0 Å². The van der Waals surface area contributed by atoms with E-state index in [0.717, 1.165) is 16.7 Å². The highest BCUT2D eigenvalue weighted by Gasteiger charge is 2.18. The predicted molar refractivity (Wildman–Crippen MR) is 88.1 cm³/mol. The van der Waals surface area contributed by atoms with Gasteiger partial charge in [0.25, 0.3) is 0 Å². The molecule has 0 aliphatic rings. The largest absolute Gasteiger partial charge is 0.422 e. The summed E-state index contributed by atoms with van der Waals surface area (Å²) < 4.78 is 10.6. The SMILES string of the molecule is Cc1cc(C)c(OC(=O)c2cc3ccccc3oc2=O)c(C)c1. The molecule has 0 bridgehead atoms. The van der Waals surface area contributed by atoms with Crippen molar-refractivity contribution < 1.29 is 13.9 Å². The fourth-order valence-electron chi connectivity index (χ4n) is 2.68. The van der Waals surface area contributed by atoms with Gasteiger partial charge in [-0.05, 0) is 44.0 Å². The van der Waals surface area contributed by atoms with Gasteiger partial charge < -0.3 is 9.15 Å². The van der Waals surface area contributed by atoms with Gasteiger partial charge in [-0.25, -0.2) is 9.59 Å². The Balaban J connectivity index is 2.02. The van der Waals surface area contributed by atoms with Crippen molar-refractivity contribution in [3.63, 3.8) is 0 Å². The summed E-state index contributed by atoms with van der Waals surface area (Å²) in [6.45, 7) is 5.71. The monoisotopic (exact) mass is 308 g/mol. The van der Waals surface area contributed by atoms with Gasteiger partial charge in [0, 0.05) is 5.39 Å². The van der Waals surface area contributed by atoms with Crippen LogP contribution >= 0.6 is 0 Å². The number of benzene rings is 2. The van der Waals surface area contributed by atoms with Crippen molar-refractivity contribution in [1.29, 1.82) is 0 Å². The molecule has 23 heavy (non-hydrogen) atoms. The van der Waals surface area contributed by atoms with E-state index in [1.54, 1.807) is 18.2 Å². The summed E-state index contributed by atoms with van der Waals surface area (Å²) in [7, 11) is 0. The van der Waals surface area contributed by atoms with Gasteiger partial charge in [-0.2, -0.15) is 0 Å². The summed E-state index contributed by atoms with van der Waals surface area (Å²) in [6, 6.07) is 12.4. The number of aryl methyl sites for hydroxylation is 3. The van der Waals surface area contributed by atoms with Crippen LogP contribution < -0.4 is 10.4 Å². The molecule has 0 aliphatic carbocycles. The van der Waals surface area contributed by atoms with Gasteiger partial charge in [0.15, 0.2) is 0 Å². The lowest BCUT2D eigenvalue weighted by atomic mass is 10.1. The molecule has 0 amide bonds. The first-order chi connectivity index (χ1) is 11.0. The summed E-state index contributed by atoms with van der Waals surface area (Å²) in [5.74, 6) is -0.229. The number of carbonyl (C=O) groups is 1. The molecule has 3 aromatic rings. The van der Waals surface area contributed by atoms with E-state index in [2.05, 4.69) is 0 Å². The maximum Gasteiger partial charge on any atom is 0.351 e. The Kier molecular flexibility index (Phi) is 3.74. The lowest BCUT2D eigenvalue weighted by Gasteiger charge is -2.11. The number of carbonyl (C=O) groups excluding carboxylic acids is 1. The standard InChI is InChI=1S/C19H16O4/c1-11-8-12(2)17(13(3)9-11)23-19(21)15-10-14-6-4-5-7-16(14)22-18(15)20/h4-10H,1-3H3. The number of ether oxygens (including phenoxy) is 1. The molecule has 0 saturated carbocycles. The van der Waals surface area contributed by atoms with Crippen molar-refractivity contribution in [2.24, 2.45) is 0 Å². The summed E-state index contributed by atoms with van der Waals surface area (Å²) in [5, 5.41) is 0.677. The molecule has 2 aromatic carbocycles. The third-order valence-electron chi connectivity index (χ3n) is 3.66. The van der Waals surface area contributed by atoms with E-state index in [0.29, 0.717) is 16.7 Å². The van der Waals surface area contributed by atoms with Gasteiger partial charge in [0.2, 0.25) is 0 Å². The number of esters is 1. The van der Waals surface area contributed by atoms with Crippen LogP contribution in [0, 0.1) is 20.8 Å². The van der Waals surface area contributed by atoms with Crippen molar-refractivity contribution in [1.82, 2.24) is 0 Å². The lowest BCUT2D eigenvalue weighted by Crippen LogP contribution is -2.19. The minimum absolute atomic E-state index is 0.108. The summed E-state index contributed by atoms with van der Waals surface area (Å²) >= 11 is 0. The minimum Gasteiger partial charge on any atom is -0.422 e. The van der Waals surface area contributed by atoms with Crippen molar-refractivity contribution >= 4 is 16.9 Å². The zero-order valence-electron chi connectivity index (χ0n) is 13.2. The number of hydrogen-bond donors (Lipinski definition) is 0. The third-order valence-corrected chi connectivity index (χ3v) is 3.66. The molecule has 4 nitrogen and oxygen atoms in total. The topological polar surface area (TPSA) is 56.5 Å². The van der Waals surface area contributed by atoms with Gasteiger partial charge in [0.1, 0.15) is 16.9 Å². The molecule has 1 aromatic heterocycles. The second kappa shape index (κ2) is 5.72. The normalized spacial score (nSPS) is 10.7. The van der Waals surface area contributed by atoms with Crippen LogP contribution in [-0.2, 0) is 0 Å². The van der Waals surface area contributed by atoms with E-state index in [4.69, 9.17) is 9.15 Å². The first-order valence-corrected chi connectivity index (χ1v) is 7.28. The quantitative estimate of drug-likeness (QED) is 0.409. The Bertz CT molecular complexity index is 944. The van der Waals surface area contributed by atoms with Gasteiger partial charge >= 0.3 is 11.6 Å². The van der Waals surface area contributed by atoms with Crippen molar-refractivity contribution in [2.45, 2.75) is 20.8 Å². The maximum atomic E-state index is 12.4. The summed E-state index contributed by atoms with van der Waals surface area (Å²) in [5.41, 5.74) is 2.42. The smallest absolute Gasteiger partial charge is 0.351 e. The van der Waals surface area contributed by atoms with E-state index in [1.165, 1.54) is 6.07 Å². The number of hydrogen-bond acceptors (Lipinski definition) is 4. The van der Waals surface area contributed by atoms with Gasteiger partial charge in [-0.15, -0.1) is 0 Å². The van der Waals surface area contributed by atoms with E-state index >= 15 is 0 Å². The van der Waals surface area contributed by atoms with Gasteiger partial charge in [-0.1, -0.05) is 35.9 Å². The molecule has 0 unspecified atom stereocenters. The lowest BCUT2D eigenvalue weighted by molar-refractivity contribution is 0.0728. The first-order valence-electron chi connectivity index (χ1n) is 7.28. The van der Waals surface area contributed by atoms with Crippen LogP contribution in [0.2, 0.25) is 0 Å². The Hall–Kier alpha value is -2.88. The Morgan fingerprint density at radius 3 is 2.35 bits per heavy atom. The average molecular weight is 308 g/mol. The molecule has 0 fully saturated rings. The van der Waals surface area contributed by atoms with E-state index < -0.39 is 11.6 Å². The third kappa shape index (κ3) is 2.88. The zero-order valence-corrected chi connectivity index (χ0v) is 13.2. The molecular weight excluding hydrogens is 292 g/mol. The highest BCUT2D eigenvalue weighted by atomic mass is 16.5. The van der Waals surface area contributed by atoms with Crippen LogP contribution in [0.4, 0.5) is 0 Å². The maximum absolute atomic E-state index is 12.4. The molecular formula is C19H16O4. The Morgan fingerprint density at radius 1 is 1.00 bits per heavy atom. The molecule has 0 saturated heterocycles. The first kappa shape index (κ1) is 15.0. The Morgan fingerprint density at radius 2 is 1.65 bits per heavy atom. The average Bonchev–Trinajstić information content (AvgIpc) is 2.50. The van der Waals surface area contributed by atoms with Gasteiger partial charge in [0.05, 0.1) is 0 Å². The fourth-order valence-corrected chi connectivity index (χ4v) is 2.68. The molecule has 0 atom stereocenters. The second-order valence-corrected chi connectivity index (χ2v) is 5.60. The summed E-state index contributed by atoms with van der Waals surface area (Å²) in [6.07, 6.45) is 0. The molecule has 1 heterocycles.